The highest BCUT2D eigenvalue weighted by atomic mass is 16.6. The van der Waals surface area contributed by atoms with Gasteiger partial charge in [-0.3, -0.25) is 10.1 Å². The van der Waals surface area contributed by atoms with Crippen molar-refractivity contribution >= 4 is 11.7 Å². The lowest BCUT2D eigenvalue weighted by atomic mass is 10.1. The van der Waals surface area contributed by atoms with Crippen molar-refractivity contribution in [1.29, 1.82) is 0 Å². The van der Waals surface area contributed by atoms with Crippen LogP contribution in [-0.4, -0.2) is 32.8 Å². The summed E-state index contributed by atoms with van der Waals surface area (Å²) in [6, 6.07) is 5.78. The molecule has 1 aromatic carbocycles. The lowest BCUT2D eigenvalue weighted by molar-refractivity contribution is -0.384. The molecule has 8 nitrogen and oxygen atoms in total. The highest BCUT2D eigenvalue weighted by molar-refractivity contribution is 5.74. The summed E-state index contributed by atoms with van der Waals surface area (Å²) in [6.07, 6.45) is 2.11. The van der Waals surface area contributed by atoms with E-state index in [1.165, 1.54) is 17.9 Å². The summed E-state index contributed by atoms with van der Waals surface area (Å²) in [5.41, 5.74) is 0.290. The Morgan fingerprint density at radius 3 is 2.95 bits per heavy atom. The lowest BCUT2D eigenvalue weighted by Gasteiger charge is -2.20. The van der Waals surface area contributed by atoms with Gasteiger partial charge in [0.25, 0.3) is 5.69 Å². The van der Waals surface area contributed by atoms with Crippen LogP contribution in [0.25, 0.3) is 11.4 Å². The molecule has 0 aliphatic carbocycles. The van der Waals surface area contributed by atoms with E-state index < -0.39 is 11.0 Å². The average molecular weight is 302 g/mol. The van der Waals surface area contributed by atoms with Crippen molar-refractivity contribution in [3.05, 3.63) is 40.2 Å². The van der Waals surface area contributed by atoms with Gasteiger partial charge in [0.1, 0.15) is 5.82 Å². The van der Waals surface area contributed by atoms with Crippen LogP contribution in [0.15, 0.2) is 24.3 Å². The van der Waals surface area contributed by atoms with Gasteiger partial charge in [-0.2, -0.15) is 0 Å². The van der Waals surface area contributed by atoms with E-state index in [4.69, 9.17) is 4.74 Å². The summed E-state index contributed by atoms with van der Waals surface area (Å²) >= 11 is 0. The van der Waals surface area contributed by atoms with Gasteiger partial charge < -0.3 is 4.74 Å². The Morgan fingerprint density at radius 2 is 2.23 bits per heavy atom. The van der Waals surface area contributed by atoms with Gasteiger partial charge in [0.15, 0.2) is 11.9 Å². The van der Waals surface area contributed by atoms with Crippen LogP contribution >= 0.6 is 0 Å². The first-order chi connectivity index (χ1) is 10.6. The first-order valence-electron chi connectivity index (χ1n) is 6.89. The molecule has 1 unspecified atom stereocenters. The van der Waals surface area contributed by atoms with Crippen molar-refractivity contribution in [3.8, 4) is 11.4 Å². The van der Waals surface area contributed by atoms with E-state index in [1.807, 2.05) is 0 Å². The number of ether oxygens (including phenoxy) is 1. The third-order valence-electron chi connectivity index (χ3n) is 3.69. The van der Waals surface area contributed by atoms with Crippen LogP contribution in [0.2, 0.25) is 0 Å². The fourth-order valence-corrected chi connectivity index (χ4v) is 2.64. The predicted octanol–water partition coefficient (Wildman–Crippen LogP) is 1.90. The largest absolute Gasteiger partial charge is 0.467 e. The van der Waals surface area contributed by atoms with Crippen LogP contribution in [0.5, 0.6) is 0 Å². The Kier molecular flexibility index (Phi) is 3.58. The first-order valence-corrected chi connectivity index (χ1v) is 6.89. The molecule has 1 atom stereocenters. The molecule has 1 aliphatic rings. The van der Waals surface area contributed by atoms with E-state index in [1.54, 1.807) is 18.2 Å². The molecule has 114 valence electrons. The van der Waals surface area contributed by atoms with Gasteiger partial charge in [-0.25, -0.2) is 14.5 Å². The summed E-state index contributed by atoms with van der Waals surface area (Å²) in [4.78, 5) is 26.9. The second-order valence-electron chi connectivity index (χ2n) is 5.00. The van der Waals surface area contributed by atoms with Gasteiger partial charge in [-0.15, -0.1) is 5.10 Å². The topological polar surface area (TPSA) is 100 Å². The Morgan fingerprint density at radius 1 is 1.45 bits per heavy atom. The number of carbonyl (C=O) groups excluding carboxylic acids is 1. The predicted molar refractivity (Wildman–Crippen MR) is 76.1 cm³/mol. The molecule has 2 aromatic rings. The first kappa shape index (κ1) is 14.2. The lowest BCUT2D eigenvalue weighted by Crippen LogP contribution is -2.27. The molecule has 0 spiro atoms. The van der Waals surface area contributed by atoms with E-state index >= 15 is 0 Å². The van der Waals surface area contributed by atoms with Gasteiger partial charge >= 0.3 is 5.97 Å². The fourth-order valence-electron chi connectivity index (χ4n) is 2.64. The van der Waals surface area contributed by atoms with Crippen LogP contribution in [0, 0.1) is 10.1 Å². The second kappa shape index (κ2) is 5.55. The molecule has 0 bridgehead atoms. The SMILES string of the molecule is COC(=O)C1CCCc2nc(-c3ccccc3[N+](=O)[O-])nn21. The number of nitrogens with zero attached hydrogens (tertiary/aromatic N) is 4. The highest BCUT2D eigenvalue weighted by Gasteiger charge is 2.30. The third kappa shape index (κ3) is 2.32. The van der Waals surface area contributed by atoms with E-state index in [0.717, 1.165) is 6.42 Å². The van der Waals surface area contributed by atoms with Crippen molar-refractivity contribution in [2.24, 2.45) is 0 Å². The van der Waals surface area contributed by atoms with Crippen LogP contribution in [0.4, 0.5) is 5.69 Å². The molecule has 0 saturated carbocycles. The minimum atomic E-state index is -0.516. The number of methoxy groups -OCH3 is 1. The van der Waals surface area contributed by atoms with Crippen LogP contribution in [0.1, 0.15) is 24.7 Å². The number of benzene rings is 1. The standard InChI is InChI=1S/C14H14N4O4/c1-22-14(19)11-7-4-8-12-15-13(16-17(11)12)9-5-2-3-6-10(9)18(20)21/h2-3,5-6,11H,4,7-8H2,1H3. The van der Waals surface area contributed by atoms with Gasteiger partial charge in [-0.05, 0) is 18.9 Å². The maximum absolute atomic E-state index is 11.8. The number of rotatable bonds is 3. The molecular formula is C14H14N4O4. The number of aromatic nitrogens is 3. The number of hydrogen-bond acceptors (Lipinski definition) is 6. The number of nitro benzene ring substituents is 1. The third-order valence-corrected chi connectivity index (χ3v) is 3.69. The highest BCUT2D eigenvalue weighted by Crippen LogP contribution is 2.30. The molecule has 8 heteroatoms. The molecule has 0 amide bonds. The Bertz CT molecular complexity index is 740. The van der Waals surface area contributed by atoms with E-state index in [2.05, 4.69) is 10.1 Å². The fraction of sp³-hybridized carbons (Fsp3) is 0.357. The molecule has 0 N–H and O–H groups in total. The number of fused-ring (bicyclic) bond motifs is 1. The second-order valence-corrected chi connectivity index (χ2v) is 5.00. The zero-order valence-electron chi connectivity index (χ0n) is 11.9. The number of para-hydroxylation sites is 1. The Hall–Kier alpha value is -2.77. The molecule has 0 saturated heterocycles. The Balaban J connectivity index is 2.07. The van der Waals surface area contributed by atoms with Crippen molar-refractivity contribution in [1.82, 2.24) is 14.8 Å². The monoisotopic (exact) mass is 302 g/mol. The van der Waals surface area contributed by atoms with Gasteiger partial charge in [0.2, 0.25) is 0 Å². The molecule has 1 aromatic heterocycles. The number of carbonyl (C=O) groups is 1. The van der Waals surface area contributed by atoms with Gasteiger partial charge in [-0.1, -0.05) is 12.1 Å². The summed E-state index contributed by atoms with van der Waals surface area (Å²) in [7, 11) is 1.33. The normalized spacial score (nSPS) is 16.9. The zero-order chi connectivity index (χ0) is 15.7. The maximum Gasteiger partial charge on any atom is 0.330 e. The maximum atomic E-state index is 11.8. The number of nitro groups is 1. The summed E-state index contributed by atoms with van der Waals surface area (Å²) in [5, 5.41) is 15.4. The molecule has 2 heterocycles. The minimum absolute atomic E-state index is 0.0555. The zero-order valence-corrected chi connectivity index (χ0v) is 11.9. The quantitative estimate of drug-likeness (QED) is 0.487. The smallest absolute Gasteiger partial charge is 0.330 e. The number of esters is 1. The molecule has 0 radical (unpaired) electrons. The van der Waals surface area contributed by atoms with Gasteiger partial charge in [0, 0.05) is 12.5 Å². The molecule has 1 aliphatic heterocycles. The van der Waals surface area contributed by atoms with Crippen molar-refractivity contribution in [2.75, 3.05) is 7.11 Å². The average Bonchev–Trinajstić information content (AvgIpc) is 2.97. The minimum Gasteiger partial charge on any atom is -0.467 e. The van der Waals surface area contributed by atoms with E-state index in [9.17, 15) is 14.9 Å². The van der Waals surface area contributed by atoms with Crippen LogP contribution in [-0.2, 0) is 16.0 Å². The molecule has 22 heavy (non-hydrogen) atoms. The summed E-state index contributed by atoms with van der Waals surface area (Å²) < 4.78 is 6.32. The van der Waals surface area contributed by atoms with Crippen molar-refractivity contribution < 1.29 is 14.5 Å². The van der Waals surface area contributed by atoms with Crippen LogP contribution in [0.3, 0.4) is 0 Å². The van der Waals surface area contributed by atoms with Crippen molar-refractivity contribution in [2.45, 2.75) is 25.3 Å². The summed E-state index contributed by atoms with van der Waals surface area (Å²) in [5.74, 6) is 0.535. The summed E-state index contributed by atoms with van der Waals surface area (Å²) in [6.45, 7) is 0. The molecule has 0 fully saturated rings. The van der Waals surface area contributed by atoms with E-state index in [0.29, 0.717) is 24.2 Å². The number of aryl methyl sites for hydroxylation is 1. The molecular weight excluding hydrogens is 288 g/mol. The van der Waals surface area contributed by atoms with Gasteiger partial charge in [0.05, 0.1) is 17.6 Å². The number of hydrogen-bond donors (Lipinski definition) is 0. The van der Waals surface area contributed by atoms with Crippen LogP contribution < -0.4 is 0 Å². The molecule has 3 rings (SSSR count). The van der Waals surface area contributed by atoms with Crippen molar-refractivity contribution in [3.63, 3.8) is 0 Å². The van der Waals surface area contributed by atoms with E-state index in [-0.39, 0.29) is 17.5 Å². The Labute approximate surface area is 125 Å².